The molecule has 2 nitrogen and oxygen atoms in total. The fraction of sp³-hybridized carbons (Fsp3) is 0. The Bertz CT molecular complexity index is 3230. The maximum Gasteiger partial charge on any atom is 0.135 e. The molecule has 0 saturated carbocycles. The summed E-state index contributed by atoms with van der Waals surface area (Å²) in [5.74, 6) is 0. The molecule has 0 fully saturated rings. The largest absolute Gasteiger partial charge is 0.456 e. The third-order valence-electron chi connectivity index (χ3n) is 10.8. The van der Waals surface area contributed by atoms with E-state index in [0.717, 1.165) is 44.6 Å². The number of thiophene rings is 1. The second-order valence-corrected chi connectivity index (χ2v) is 15.2. The van der Waals surface area contributed by atoms with Gasteiger partial charge in [-0.3, -0.25) is 0 Å². The summed E-state index contributed by atoms with van der Waals surface area (Å²) >= 11 is 1.86. The number of para-hydroxylation sites is 1. The smallest absolute Gasteiger partial charge is 0.135 e. The molecule has 0 spiro atoms. The van der Waals surface area contributed by atoms with E-state index < -0.39 is 0 Å². The van der Waals surface area contributed by atoms with Gasteiger partial charge in [0, 0.05) is 47.9 Å². The zero-order chi connectivity index (χ0) is 36.3. The first-order chi connectivity index (χ1) is 27.3. The Balaban J connectivity index is 1.24. The molecule has 3 heteroatoms. The second kappa shape index (κ2) is 12.9. The molecule has 0 aliphatic rings. The van der Waals surface area contributed by atoms with Crippen LogP contribution in [0.3, 0.4) is 0 Å². The monoisotopic (exact) mass is 719 g/mol. The third kappa shape index (κ3) is 5.32. The molecule has 0 radical (unpaired) electrons. The van der Waals surface area contributed by atoms with E-state index >= 15 is 0 Å². The van der Waals surface area contributed by atoms with Crippen LogP contribution in [0.15, 0.2) is 205 Å². The summed E-state index contributed by atoms with van der Waals surface area (Å²) in [7, 11) is 0. The van der Waals surface area contributed by atoms with Gasteiger partial charge in [-0.2, -0.15) is 0 Å². The van der Waals surface area contributed by atoms with Gasteiger partial charge in [-0.25, -0.2) is 0 Å². The molecule has 0 amide bonds. The van der Waals surface area contributed by atoms with E-state index in [4.69, 9.17) is 4.42 Å². The molecule has 258 valence electrons. The van der Waals surface area contributed by atoms with Gasteiger partial charge in [0.05, 0.1) is 5.69 Å². The lowest BCUT2D eigenvalue weighted by atomic mass is 9.88. The van der Waals surface area contributed by atoms with Crippen molar-refractivity contribution in [3.8, 4) is 33.4 Å². The number of hydrogen-bond acceptors (Lipinski definition) is 3. The van der Waals surface area contributed by atoms with Crippen LogP contribution in [-0.2, 0) is 0 Å². The molecule has 0 saturated heterocycles. The Morgan fingerprint density at radius 3 is 1.96 bits per heavy atom. The number of nitrogens with zero attached hydrogens (tertiary/aromatic N) is 1. The summed E-state index contributed by atoms with van der Waals surface area (Å²) in [4.78, 5) is 2.44. The van der Waals surface area contributed by atoms with E-state index in [0.29, 0.717) is 0 Å². The number of hydrogen-bond donors (Lipinski definition) is 0. The van der Waals surface area contributed by atoms with E-state index in [9.17, 15) is 0 Å². The predicted molar refractivity (Wildman–Crippen MR) is 235 cm³/mol. The number of furan rings is 1. The topological polar surface area (TPSA) is 16.4 Å². The standard InChI is InChI=1S/C52H33NOS/c1-2-13-34(14-3-1)36-17-10-18-38(31-36)51-42(43-22-12-26-50-52(43)44-20-7-9-25-49(44)55-50)21-11-23-46(51)53(39-28-27-35-15-4-5-16-37(35)32-39)40-29-30-48-45(33-40)41-19-6-8-24-47(41)54-48/h1-33H. The van der Waals surface area contributed by atoms with Crippen molar-refractivity contribution < 1.29 is 4.42 Å². The maximum absolute atomic E-state index is 6.33. The van der Waals surface area contributed by atoms with Crippen molar-refractivity contribution in [2.24, 2.45) is 0 Å². The summed E-state index contributed by atoms with van der Waals surface area (Å²) in [5.41, 5.74) is 12.1. The molecule has 11 rings (SSSR count). The van der Waals surface area contributed by atoms with E-state index in [1.54, 1.807) is 0 Å². The molecule has 0 N–H and O–H groups in total. The summed E-state index contributed by atoms with van der Waals surface area (Å²) in [5, 5.41) is 7.19. The van der Waals surface area contributed by atoms with Gasteiger partial charge in [0.2, 0.25) is 0 Å². The Labute approximate surface area is 322 Å². The molecule has 0 aliphatic heterocycles. The van der Waals surface area contributed by atoms with Crippen molar-refractivity contribution in [3.05, 3.63) is 200 Å². The van der Waals surface area contributed by atoms with Crippen LogP contribution in [-0.4, -0.2) is 0 Å². The Kier molecular flexibility index (Phi) is 7.39. The summed E-state index contributed by atoms with van der Waals surface area (Å²) in [6.45, 7) is 0. The van der Waals surface area contributed by atoms with Gasteiger partial charge >= 0.3 is 0 Å². The highest BCUT2D eigenvalue weighted by Gasteiger charge is 2.24. The summed E-state index contributed by atoms with van der Waals surface area (Å²) < 4.78 is 8.92. The molecular formula is C52H33NOS. The lowest BCUT2D eigenvalue weighted by molar-refractivity contribution is 0.669. The number of benzene rings is 9. The van der Waals surface area contributed by atoms with Crippen LogP contribution in [0.5, 0.6) is 0 Å². The van der Waals surface area contributed by atoms with E-state index in [2.05, 4.69) is 193 Å². The van der Waals surface area contributed by atoms with Crippen LogP contribution in [0, 0.1) is 0 Å². The van der Waals surface area contributed by atoms with Gasteiger partial charge in [0.15, 0.2) is 0 Å². The highest BCUT2D eigenvalue weighted by molar-refractivity contribution is 7.25. The Morgan fingerprint density at radius 1 is 0.382 bits per heavy atom. The first kappa shape index (κ1) is 31.6. The van der Waals surface area contributed by atoms with E-state index in [1.165, 1.54) is 58.8 Å². The van der Waals surface area contributed by atoms with Gasteiger partial charge in [-0.15, -0.1) is 11.3 Å². The van der Waals surface area contributed by atoms with E-state index in [-0.39, 0.29) is 0 Å². The predicted octanol–water partition coefficient (Wildman–Crippen LogP) is 15.6. The molecule has 11 aromatic rings. The lowest BCUT2D eigenvalue weighted by Gasteiger charge is -2.30. The number of fused-ring (bicyclic) bond motifs is 7. The van der Waals surface area contributed by atoms with Crippen LogP contribution in [0.25, 0.3) is 86.3 Å². The van der Waals surface area contributed by atoms with Crippen molar-refractivity contribution in [3.63, 3.8) is 0 Å². The first-order valence-corrected chi connectivity index (χ1v) is 19.5. The molecule has 0 atom stereocenters. The number of rotatable bonds is 6. The van der Waals surface area contributed by atoms with Crippen LogP contribution < -0.4 is 4.90 Å². The third-order valence-corrected chi connectivity index (χ3v) is 12.0. The quantitative estimate of drug-likeness (QED) is 0.170. The zero-order valence-corrected chi connectivity index (χ0v) is 30.6. The molecule has 0 bridgehead atoms. The van der Waals surface area contributed by atoms with Crippen LogP contribution in [0.1, 0.15) is 0 Å². The fourth-order valence-electron chi connectivity index (χ4n) is 8.33. The van der Waals surface area contributed by atoms with Gasteiger partial charge in [-0.1, -0.05) is 140 Å². The van der Waals surface area contributed by atoms with Crippen molar-refractivity contribution >= 4 is 81.3 Å². The summed E-state index contributed by atoms with van der Waals surface area (Å²) in [6, 6.07) is 72.4. The highest BCUT2D eigenvalue weighted by atomic mass is 32.1. The molecule has 0 unspecified atom stereocenters. The molecule has 55 heavy (non-hydrogen) atoms. The molecule has 9 aromatic carbocycles. The Hall–Kier alpha value is -6.94. The first-order valence-electron chi connectivity index (χ1n) is 18.7. The van der Waals surface area contributed by atoms with Crippen molar-refractivity contribution in [2.75, 3.05) is 4.90 Å². The molecule has 0 aliphatic carbocycles. The minimum Gasteiger partial charge on any atom is -0.456 e. The van der Waals surface area contributed by atoms with Crippen LogP contribution in [0.2, 0.25) is 0 Å². The van der Waals surface area contributed by atoms with Crippen LogP contribution in [0.4, 0.5) is 17.1 Å². The Morgan fingerprint density at radius 2 is 1.04 bits per heavy atom. The van der Waals surface area contributed by atoms with Crippen molar-refractivity contribution in [1.29, 1.82) is 0 Å². The van der Waals surface area contributed by atoms with Crippen LogP contribution >= 0.6 is 11.3 Å². The average Bonchev–Trinajstić information content (AvgIpc) is 3.82. The SMILES string of the molecule is c1ccc(-c2cccc(-c3c(-c4cccc5sc6ccccc6c45)cccc3N(c3ccc4ccccc4c3)c3ccc4oc5ccccc5c4c3)c2)cc1. The van der Waals surface area contributed by atoms with Crippen molar-refractivity contribution in [2.45, 2.75) is 0 Å². The average molecular weight is 720 g/mol. The maximum atomic E-state index is 6.33. The highest BCUT2D eigenvalue weighted by Crippen LogP contribution is 2.49. The van der Waals surface area contributed by atoms with Gasteiger partial charge in [0.1, 0.15) is 11.2 Å². The minimum absolute atomic E-state index is 0.879. The fourth-order valence-corrected chi connectivity index (χ4v) is 9.47. The molecule has 2 heterocycles. The second-order valence-electron chi connectivity index (χ2n) is 14.1. The van der Waals surface area contributed by atoms with Gasteiger partial charge in [-0.05, 0) is 99.3 Å². The number of anilines is 3. The van der Waals surface area contributed by atoms with Gasteiger partial charge in [0.25, 0.3) is 0 Å². The minimum atomic E-state index is 0.879. The van der Waals surface area contributed by atoms with Gasteiger partial charge < -0.3 is 9.32 Å². The zero-order valence-electron chi connectivity index (χ0n) is 29.8. The molecular weight excluding hydrogens is 687 g/mol. The van der Waals surface area contributed by atoms with E-state index in [1.807, 2.05) is 23.5 Å². The van der Waals surface area contributed by atoms with Crippen molar-refractivity contribution in [1.82, 2.24) is 0 Å². The molecule has 2 aromatic heterocycles. The normalized spacial score (nSPS) is 11.6. The lowest BCUT2D eigenvalue weighted by Crippen LogP contribution is -2.12. The summed E-state index contributed by atoms with van der Waals surface area (Å²) in [6.07, 6.45) is 0.